The highest BCUT2D eigenvalue weighted by Crippen LogP contribution is 2.26. The number of oxime groups is 1. The molecule has 0 aliphatic carbocycles. The van der Waals surface area contributed by atoms with E-state index in [1.54, 1.807) is 38.5 Å². The first-order valence-corrected chi connectivity index (χ1v) is 7.89. The molecule has 0 aliphatic heterocycles. The summed E-state index contributed by atoms with van der Waals surface area (Å²) in [4.78, 5) is 16.7. The highest BCUT2D eigenvalue weighted by atomic mass is 35.5. The van der Waals surface area contributed by atoms with Crippen LogP contribution in [0.3, 0.4) is 0 Å². The molecule has 6 nitrogen and oxygen atoms in total. The van der Waals surface area contributed by atoms with Gasteiger partial charge in [-0.05, 0) is 29.8 Å². The lowest BCUT2D eigenvalue weighted by Gasteiger charge is -2.07. The Morgan fingerprint density at radius 2 is 1.92 bits per heavy atom. The van der Waals surface area contributed by atoms with E-state index in [1.807, 2.05) is 18.2 Å². The summed E-state index contributed by atoms with van der Waals surface area (Å²) in [6.07, 6.45) is 1.49. The van der Waals surface area contributed by atoms with E-state index in [0.29, 0.717) is 23.1 Å². The molecule has 0 saturated carbocycles. The molecule has 0 aliphatic rings. The van der Waals surface area contributed by atoms with E-state index in [1.165, 1.54) is 6.21 Å². The molecule has 1 amide bonds. The van der Waals surface area contributed by atoms with Gasteiger partial charge in [0, 0.05) is 17.1 Å². The average molecular weight is 363 g/mol. The molecule has 0 heterocycles. The van der Waals surface area contributed by atoms with Crippen LogP contribution in [0.15, 0.2) is 47.6 Å². The molecule has 7 heteroatoms. The highest BCUT2D eigenvalue weighted by Gasteiger charge is 2.05. The third-order valence-corrected chi connectivity index (χ3v) is 3.68. The number of carbonyl (C=O) groups is 1. The van der Waals surface area contributed by atoms with E-state index in [2.05, 4.69) is 10.5 Å². The number of benzene rings is 2. The fourth-order valence-corrected chi connectivity index (χ4v) is 2.22. The number of hydrogen-bond donors (Lipinski definition) is 1. The van der Waals surface area contributed by atoms with Gasteiger partial charge in [0.25, 0.3) is 5.91 Å². The SMILES string of the molecule is COc1ccc(/C=N\OCC(=O)NCc2ccccc2Cl)cc1OC. The Labute approximate surface area is 151 Å². The predicted molar refractivity (Wildman–Crippen MR) is 96.4 cm³/mol. The Morgan fingerprint density at radius 1 is 1.16 bits per heavy atom. The van der Waals surface area contributed by atoms with Crippen LogP contribution >= 0.6 is 11.6 Å². The van der Waals surface area contributed by atoms with Crippen molar-refractivity contribution >= 4 is 23.7 Å². The molecule has 25 heavy (non-hydrogen) atoms. The fourth-order valence-electron chi connectivity index (χ4n) is 2.01. The van der Waals surface area contributed by atoms with Gasteiger partial charge < -0.3 is 19.6 Å². The predicted octanol–water partition coefficient (Wildman–Crippen LogP) is 3.02. The smallest absolute Gasteiger partial charge is 0.261 e. The molecule has 0 aromatic heterocycles. The van der Waals surface area contributed by atoms with E-state index in [9.17, 15) is 4.79 Å². The van der Waals surface area contributed by atoms with Crippen molar-refractivity contribution in [1.82, 2.24) is 5.32 Å². The summed E-state index contributed by atoms with van der Waals surface area (Å²) in [5.74, 6) is 0.924. The van der Waals surface area contributed by atoms with E-state index in [-0.39, 0.29) is 12.5 Å². The maximum absolute atomic E-state index is 11.7. The Balaban J connectivity index is 1.79. The number of hydrogen-bond acceptors (Lipinski definition) is 5. The fraction of sp³-hybridized carbons (Fsp3) is 0.222. The molecular formula is C18H19ClN2O4. The van der Waals surface area contributed by atoms with Gasteiger partial charge in [0.15, 0.2) is 18.1 Å². The third kappa shape index (κ3) is 5.69. The van der Waals surface area contributed by atoms with Crippen LogP contribution in [0.2, 0.25) is 5.02 Å². The van der Waals surface area contributed by atoms with Gasteiger partial charge in [-0.2, -0.15) is 0 Å². The summed E-state index contributed by atoms with van der Waals surface area (Å²) >= 11 is 6.02. The largest absolute Gasteiger partial charge is 0.493 e. The van der Waals surface area contributed by atoms with Gasteiger partial charge in [0.1, 0.15) is 0 Å². The number of amides is 1. The molecule has 0 bridgehead atoms. The Kier molecular flexibility index (Phi) is 7.10. The number of nitrogens with zero attached hydrogens (tertiary/aromatic N) is 1. The molecule has 0 spiro atoms. The van der Waals surface area contributed by atoms with Gasteiger partial charge in [0.05, 0.1) is 20.4 Å². The maximum atomic E-state index is 11.7. The number of halogens is 1. The van der Waals surface area contributed by atoms with Crippen molar-refractivity contribution in [3.8, 4) is 11.5 Å². The average Bonchev–Trinajstić information content (AvgIpc) is 2.64. The van der Waals surface area contributed by atoms with Crippen LogP contribution in [0.25, 0.3) is 0 Å². The van der Waals surface area contributed by atoms with Crippen molar-refractivity contribution in [2.24, 2.45) is 5.16 Å². The zero-order valence-electron chi connectivity index (χ0n) is 14.0. The van der Waals surface area contributed by atoms with Crippen molar-refractivity contribution in [3.05, 3.63) is 58.6 Å². The van der Waals surface area contributed by atoms with Crippen molar-refractivity contribution < 1.29 is 19.1 Å². The molecule has 2 aromatic carbocycles. The first kappa shape index (κ1) is 18.6. The molecule has 0 radical (unpaired) electrons. The number of methoxy groups -OCH3 is 2. The van der Waals surface area contributed by atoms with E-state index < -0.39 is 0 Å². The first-order chi connectivity index (χ1) is 12.1. The van der Waals surface area contributed by atoms with Crippen LogP contribution in [0.1, 0.15) is 11.1 Å². The summed E-state index contributed by atoms with van der Waals surface area (Å²) in [7, 11) is 3.12. The number of rotatable bonds is 8. The normalized spacial score (nSPS) is 10.5. The van der Waals surface area contributed by atoms with Crippen LogP contribution in [-0.2, 0) is 16.2 Å². The molecule has 0 fully saturated rings. The summed E-state index contributed by atoms with van der Waals surface area (Å²) < 4.78 is 10.4. The second-order valence-corrected chi connectivity index (χ2v) is 5.40. The third-order valence-electron chi connectivity index (χ3n) is 3.31. The standard InChI is InChI=1S/C18H19ClN2O4/c1-23-16-8-7-13(9-17(16)24-2)10-21-25-12-18(22)20-11-14-5-3-4-6-15(14)19/h3-10H,11-12H2,1-2H3,(H,20,22)/b21-10-. The van der Waals surface area contributed by atoms with Gasteiger partial charge >= 0.3 is 0 Å². The number of carbonyl (C=O) groups excluding carboxylic acids is 1. The lowest BCUT2D eigenvalue weighted by atomic mass is 10.2. The van der Waals surface area contributed by atoms with Gasteiger partial charge in [-0.15, -0.1) is 0 Å². The van der Waals surface area contributed by atoms with Crippen molar-refractivity contribution in [2.45, 2.75) is 6.54 Å². The highest BCUT2D eigenvalue weighted by molar-refractivity contribution is 6.31. The second-order valence-electron chi connectivity index (χ2n) is 4.99. The summed E-state index contributed by atoms with van der Waals surface area (Å²) in [5.41, 5.74) is 1.60. The second kappa shape index (κ2) is 9.54. The van der Waals surface area contributed by atoms with E-state index >= 15 is 0 Å². The van der Waals surface area contributed by atoms with Crippen LogP contribution in [0.4, 0.5) is 0 Å². The minimum atomic E-state index is -0.288. The minimum Gasteiger partial charge on any atom is -0.493 e. The lowest BCUT2D eigenvalue weighted by Crippen LogP contribution is -2.26. The van der Waals surface area contributed by atoms with E-state index in [4.69, 9.17) is 25.9 Å². The van der Waals surface area contributed by atoms with Crippen LogP contribution < -0.4 is 14.8 Å². The van der Waals surface area contributed by atoms with Crippen LogP contribution in [-0.4, -0.2) is 32.9 Å². The maximum Gasteiger partial charge on any atom is 0.261 e. The molecule has 132 valence electrons. The minimum absolute atomic E-state index is 0.186. The zero-order chi connectivity index (χ0) is 18.1. The molecule has 2 rings (SSSR count). The summed E-state index contributed by atoms with van der Waals surface area (Å²) in [6.45, 7) is 0.148. The van der Waals surface area contributed by atoms with Crippen molar-refractivity contribution in [1.29, 1.82) is 0 Å². The molecule has 1 N–H and O–H groups in total. The first-order valence-electron chi connectivity index (χ1n) is 7.51. The summed E-state index contributed by atoms with van der Waals surface area (Å²) in [5, 5.41) is 7.10. The van der Waals surface area contributed by atoms with Gasteiger partial charge in [-0.3, -0.25) is 4.79 Å². The quantitative estimate of drug-likeness (QED) is 0.579. The number of ether oxygens (including phenoxy) is 2. The van der Waals surface area contributed by atoms with Crippen LogP contribution in [0.5, 0.6) is 11.5 Å². The molecule has 0 atom stereocenters. The molecule has 2 aromatic rings. The Morgan fingerprint density at radius 3 is 2.64 bits per heavy atom. The topological polar surface area (TPSA) is 69.2 Å². The lowest BCUT2D eigenvalue weighted by molar-refractivity contribution is -0.125. The van der Waals surface area contributed by atoms with E-state index in [0.717, 1.165) is 11.1 Å². The monoisotopic (exact) mass is 362 g/mol. The van der Waals surface area contributed by atoms with Gasteiger partial charge in [-0.1, -0.05) is 35.0 Å². The Hall–Kier alpha value is -2.73. The molecule has 0 unspecified atom stereocenters. The molecule has 0 saturated heterocycles. The van der Waals surface area contributed by atoms with Gasteiger partial charge in [0.2, 0.25) is 0 Å². The molecular weight excluding hydrogens is 344 g/mol. The van der Waals surface area contributed by atoms with Crippen molar-refractivity contribution in [2.75, 3.05) is 20.8 Å². The Bertz CT molecular complexity index is 750. The van der Waals surface area contributed by atoms with Crippen LogP contribution in [0, 0.1) is 0 Å². The van der Waals surface area contributed by atoms with Crippen molar-refractivity contribution in [3.63, 3.8) is 0 Å². The zero-order valence-corrected chi connectivity index (χ0v) is 14.7. The number of nitrogens with one attached hydrogen (secondary N) is 1. The van der Waals surface area contributed by atoms with Gasteiger partial charge in [-0.25, -0.2) is 0 Å². The summed E-state index contributed by atoms with van der Waals surface area (Å²) in [6, 6.07) is 12.6.